The summed E-state index contributed by atoms with van der Waals surface area (Å²) in [6.07, 6.45) is 0.574. The number of alkyl halides is 2. The summed E-state index contributed by atoms with van der Waals surface area (Å²) >= 11 is 11.8. The summed E-state index contributed by atoms with van der Waals surface area (Å²) in [6.45, 7) is 0.154. The number of carboxylic acids is 1. The van der Waals surface area contributed by atoms with Gasteiger partial charge in [0.15, 0.2) is 9.87 Å². The SMILES string of the molecule is O=C(O)/C(=C1\SCCCN1C(=O)C(Cl)Cl)[N+](=O)[O-]. The highest BCUT2D eigenvalue weighted by Crippen LogP contribution is 2.31. The third-order valence-corrected chi connectivity index (χ3v) is 3.60. The molecule has 1 N–H and O–H groups in total. The molecule has 0 aromatic carbocycles. The molecule has 7 nitrogen and oxygen atoms in total. The summed E-state index contributed by atoms with van der Waals surface area (Å²) in [5.74, 6) is -1.98. The molecule has 1 heterocycles. The van der Waals surface area contributed by atoms with Crippen LogP contribution in [0.3, 0.4) is 0 Å². The average Bonchev–Trinajstić information content (AvgIpc) is 2.27. The van der Waals surface area contributed by atoms with Crippen molar-refractivity contribution in [2.75, 3.05) is 12.3 Å². The van der Waals surface area contributed by atoms with Crippen molar-refractivity contribution in [3.8, 4) is 0 Å². The fraction of sp³-hybridized carbons (Fsp3) is 0.500. The maximum Gasteiger partial charge on any atom is 0.410 e. The van der Waals surface area contributed by atoms with Gasteiger partial charge in [0.2, 0.25) is 0 Å². The molecule has 0 saturated carbocycles. The second-order valence-corrected chi connectivity index (χ2v) is 5.39. The van der Waals surface area contributed by atoms with Crippen LogP contribution in [-0.4, -0.2) is 43.9 Å². The Morgan fingerprint density at radius 2 is 2.11 bits per heavy atom. The van der Waals surface area contributed by atoms with E-state index in [1.54, 1.807) is 0 Å². The molecule has 1 aliphatic rings. The Balaban J connectivity index is 3.22. The lowest BCUT2D eigenvalue weighted by atomic mass is 10.3. The molecule has 0 spiro atoms. The number of carboxylic acid groups (broad SMARTS) is 1. The predicted molar refractivity (Wildman–Crippen MR) is 65.9 cm³/mol. The second kappa shape index (κ2) is 6.26. The van der Waals surface area contributed by atoms with E-state index < -0.39 is 27.3 Å². The minimum Gasteiger partial charge on any atom is -0.473 e. The molecule has 0 radical (unpaired) electrons. The van der Waals surface area contributed by atoms with Gasteiger partial charge in [-0.1, -0.05) is 23.2 Å². The van der Waals surface area contributed by atoms with Crippen molar-refractivity contribution in [2.45, 2.75) is 11.3 Å². The lowest BCUT2D eigenvalue weighted by molar-refractivity contribution is -0.422. The van der Waals surface area contributed by atoms with Gasteiger partial charge in [-0.15, -0.1) is 11.8 Å². The fourth-order valence-corrected chi connectivity index (χ4v) is 2.68. The Labute approximate surface area is 116 Å². The molecule has 1 fully saturated rings. The van der Waals surface area contributed by atoms with Crippen LogP contribution in [0.1, 0.15) is 6.42 Å². The smallest absolute Gasteiger partial charge is 0.410 e. The number of halogens is 2. The van der Waals surface area contributed by atoms with Crippen molar-refractivity contribution in [3.05, 3.63) is 20.8 Å². The Bertz CT molecular complexity index is 410. The van der Waals surface area contributed by atoms with Gasteiger partial charge in [-0.05, 0) is 6.42 Å². The van der Waals surface area contributed by atoms with Gasteiger partial charge in [0.05, 0.1) is 4.92 Å². The molecule has 0 aromatic heterocycles. The molecular formula is C8H8Cl2N2O5S. The summed E-state index contributed by atoms with van der Waals surface area (Å²) in [5, 5.41) is 19.3. The molecule has 1 rings (SSSR count). The molecule has 0 bridgehead atoms. The highest BCUT2D eigenvalue weighted by Gasteiger charge is 2.36. The Morgan fingerprint density at radius 3 is 2.56 bits per heavy atom. The normalized spacial score (nSPS) is 18.7. The molecule has 10 heteroatoms. The van der Waals surface area contributed by atoms with E-state index in [0.717, 1.165) is 16.7 Å². The average molecular weight is 315 g/mol. The predicted octanol–water partition coefficient (Wildman–Crippen LogP) is 1.29. The van der Waals surface area contributed by atoms with Crippen LogP contribution < -0.4 is 0 Å². The van der Waals surface area contributed by atoms with Crippen molar-refractivity contribution in [3.63, 3.8) is 0 Å². The summed E-state index contributed by atoms with van der Waals surface area (Å²) in [5.41, 5.74) is -1.04. The number of thioether (sulfide) groups is 1. The van der Waals surface area contributed by atoms with Crippen LogP contribution in [0.5, 0.6) is 0 Å². The van der Waals surface area contributed by atoms with Crippen molar-refractivity contribution in [1.29, 1.82) is 0 Å². The Morgan fingerprint density at radius 1 is 1.50 bits per heavy atom. The van der Waals surface area contributed by atoms with Gasteiger partial charge in [-0.2, -0.15) is 0 Å². The number of aliphatic carboxylic acids is 1. The summed E-state index contributed by atoms with van der Waals surface area (Å²) in [7, 11) is 0. The zero-order valence-corrected chi connectivity index (χ0v) is 11.2. The summed E-state index contributed by atoms with van der Waals surface area (Å²) in [6, 6.07) is 0. The highest BCUT2D eigenvalue weighted by atomic mass is 35.5. The largest absolute Gasteiger partial charge is 0.473 e. The minimum absolute atomic E-state index is 0.154. The molecule has 0 atom stereocenters. The Hall–Kier alpha value is -0.990. The van der Waals surface area contributed by atoms with Crippen molar-refractivity contribution in [2.24, 2.45) is 0 Å². The number of hydrogen-bond acceptors (Lipinski definition) is 5. The van der Waals surface area contributed by atoms with Crippen LogP contribution in [0.25, 0.3) is 0 Å². The van der Waals surface area contributed by atoms with Gasteiger partial charge >= 0.3 is 11.7 Å². The first-order valence-electron chi connectivity index (χ1n) is 4.70. The van der Waals surface area contributed by atoms with E-state index in [1.807, 2.05) is 0 Å². The van der Waals surface area contributed by atoms with E-state index in [9.17, 15) is 19.7 Å². The first kappa shape index (κ1) is 15.1. The molecule has 0 aromatic rings. The topological polar surface area (TPSA) is 101 Å². The number of hydrogen-bond donors (Lipinski definition) is 1. The monoisotopic (exact) mass is 314 g/mol. The Kier molecular flexibility index (Phi) is 5.24. The van der Waals surface area contributed by atoms with Crippen LogP contribution in [0.4, 0.5) is 0 Å². The number of nitro groups is 1. The quantitative estimate of drug-likeness (QED) is 0.364. The van der Waals surface area contributed by atoms with E-state index in [0.29, 0.717) is 12.2 Å². The molecule has 0 unspecified atom stereocenters. The molecule has 1 aliphatic heterocycles. The second-order valence-electron chi connectivity index (χ2n) is 3.21. The van der Waals surface area contributed by atoms with E-state index in [4.69, 9.17) is 28.3 Å². The molecule has 0 aliphatic carbocycles. The van der Waals surface area contributed by atoms with Gasteiger partial charge in [-0.25, -0.2) is 4.79 Å². The van der Waals surface area contributed by atoms with Crippen LogP contribution in [0.15, 0.2) is 10.7 Å². The van der Waals surface area contributed by atoms with Crippen LogP contribution >= 0.6 is 35.0 Å². The highest BCUT2D eigenvalue weighted by molar-refractivity contribution is 8.03. The summed E-state index contributed by atoms with van der Waals surface area (Å²) < 4.78 is 0. The van der Waals surface area contributed by atoms with E-state index in [1.165, 1.54) is 0 Å². The fourth-order valence-electron chi connectivity index (χ4n) is 1.34. The lowest BCUT2D eigenvalue weighted by Gasteiger charge is -2.28. The number of rotatable bonds is 3. The van der Waals surface area contributed by atoms with Gasteiger partial charge in [-0.3, -0.25) is 19.8 Å². The first-order valence-corrected chi connectivity index (χ1v) is 6.56. The number of nitrogens with zero attached hydrogens (tertiary/aromatic N) is 2. The first-order chi connectivity index (χ1) is 8.36. The maximum atomic E-state index is 11.7. The van der Waals surface area contributed by atoms with Crippen molar-refractivity contribution in [1.82, 2.24) is 4.90 Å². The number of carbonyl (C=O) groups excluding carboxylic acids is 1. The molecule has 18 heavy (non-hydrogen) atoms. The van der Waals surface area contributed by atoms with Crippen LogP contribution in [-0.2, 0) is 9.59 Å². The van der Waals surface area contributed by atoms with Gasteiger partial charge < -0.3 is 5.11 Å². The molecule has 100 valence electrons. The molecular weight excluding hydrogens is 307 g/mol. The van der Waals surface area contributed by atoms with Gasteiger partial charge in [0, 0.05) is 12.3 Å². The van der Waals surface area contributed by atoms with Gasteiger partial charge in [0.1, 0.15) is 0 Å². The third kappa shape index (κ3) is 3.27. The van der Waals surface area contributed by atoms with Crippen LogP contribution in [0.2, 0.25) is 0 Å². The van der Waals surface area contributed by atoms with Crippen LogP contribution in [0, 0.1) is 10.1 Å². The zero-order chi connectivity index (χ0) is 13.9. The zero-order valence-electron chi connectivity index (χ0n) is 8.84. The third-order valence-electron chi connectivity index (χ3n) is 2.05. The van der Waals surface area contributed by atoms with E-state index in [2.05, 4.69) is 0 Å². The van der Waals surface area contributed by atoms with E-state index in [-0.39, 0.29) is 11.6 Å². The molecule has 1 amide bonds. The number of amides is 1. The lowest BCUT2D eigenvalue weighted by Crippen LogP contribution is -2.38. The van der Waals surface area contributed by atoms with Crippen molar-refractivity contribution >= 4 is 46.8 Å². The standard InChI is InChI=1S/C8H8Cl2N2O5S/c9-5(10)6(13)11-2-1-3-18-7(11)4(8(14)15)12(16)17/h5H,1-3H2,(H,14,15)/b7-4+. The summed E-state index contributed by atoms with van der Waals surface area (Å²) in [4.78, 5) is 31.8. The van der Waals surface area contributed by atoms with E-state index >= 15 is 0 Å². The van der Waals surface area contributed by atoms with Crippen molar-refractivity contribution < 1.29 is 19.6 Å². The number of carbonyl (C=O) groups is 2. The maximum absolute atomic E-state index is 11.7. The van der Waals surface area contributed by atoms with Gasteiger partial charge in [0.25, 0.3) is 5.91 Å². The minimum atomic E-state index is -1.71. The molecule has 1 saturated heterocycles.